The summed E-state index contributed by atoms with van der Waals surface area (Å²) in [7, 11) is 0. The average molecular weight is 335 g/mol. The second kappa shape index (κ2) is 7.68. The van der Waals surface area contributed by atoms with Crippen LogP contribution in [0.5, 0.6) is 5.75 Å². The molecule has 0 aliphatic heterocycles. The fourth-order valence-corrected chi connectivity index (χ4v) is 2.12. The number of terminal acetylenes is 1. The van der Waals surface area contributed by atoms with Crippen LogP contribution in [0.1, 0.15) is 5.56 Å². The molecule has 1 aromatic carbocycles. The van der Waals surface area contributed by atoms with Crippen molar-refractivity contribution in [3.8, 4) is 18.1 Å². The van der Waals surface area contributed by atoms with E-state index in [1.165, 1.54) is 0 Å². The predicted octanol–water partition coefficient (Wildman–Crippen LogP) is 1.84. The maximum Gasteiger partial charge on any atom is 0.148 e. The zero-order valence-corrected chi connectivity index (χ0v) is 12.5. The lowest BCUT2D eigenvalue weighted by molar-refractivity contribution is 0.364. The molecular weight excluding hydrogens is 320 g/mol. The minimum absolute atomic E-state index is 0.271. The highest BCUT2D eigenvalue weighted by atomic mass is 79.9. The topological polar surface area (TPSA) is 52.0 Å². The molecule has 0 aliphatic carbocycles. The zero-order valence-electron chi connectivity index (χ0n) is 10.9. The summed E-state index contributed by atoms with van der Waals surface area (Å²) in [5.74, 6) is 3.28. The molecule has 0 bridgehead atoms. The molecule has 0 aliphatic rings. The second-order valence-corrected chi connectivity index (χ2v) is 5.00. The van der Waals surface area contributed by atoms with E-state index >= 15 is 0 Å². The van der Waals surface area contributed by atoms with Crippen molar-refractivity contribution in [2.75, 3.05) is 13.2 Å². The smallest absolute Gasteiger partial charge is 0.148 e. The first-order chi connectivity index (χ1) is 9.79. The van der Waals surface area contributed by atoms with Crippen LogP contribution in [0.25, 0.3) is 0 Å². The number of ether oxygens (including phenoxy) is 1. The molecule has 20 heavy (non-hydrogen) atoms. The Morgan fingerprint density at radius 1 is 1.45 bits per heavy atom. The SMILES string of the molecule is C#CCOc1ccc(Br)cc1CNCCn1ccnn1. The van der Waals surface area contributed by atoms with E-state index in [2.05, 4.69) is 37.5 Å². The molecule has 0 saturated heterocycles. The Kier molecular flexibility index (Phi) is 5.59. The molecule has 0 spiro atoms. The van der Waals surface area contributed by atoms with Gasteiger partial charge in [-0.2, -0.15) is 0 Å². The highest BCUT2D eigenvalue weighted by molar-refractivity contribution is 9.10. The Morgan fingerprint density at radius 3 is 3.10 bits per heavy atom. The largest absolute Gasteiger partial charge is 0.481 e. The highest BCUT2D eigenvalue weighted by Gasteiger charge is 2.04. The van der Waals surface area contributed by atoms with Crippen LogP contribution in [-0.4, -0.2) is 28.1 Å². The molecular formula is C14H15BrN4O. The van der Waals surface area contributed by atoms with Gasteiger partial charge in [0.2, 0.25) is 0 Å². The van der Waals surface area contributed by atoms with Crippen LogP contribution in [0.3, 0.4) is 0 Å². The van der Waals surface area contributed by atoms with Gasteiger partial charge in [0.05, 0.1) is 12.7 Å². The number of nitrogens with one attached hydrogen (secondary N) is 1. The molecule has 0 atom stereocenters. The normalized spacial score (nSPS) is 10.2. The van der Waals surface area contributed by atoms with Crippen molar-refractivity contribution in [3.05, 3.63) is 40.6 Å². The summed E-state index contributed by atoms with van der Waals surface area (Å²) >= 11 is 3.46. The van der Waals surface area contributed by atoms with Gasteiger partial charge in [0.1, 0.15) is 12.4 Å². The van der Waals surface area contributed by atoms with Gasteiger partial charge in [-0.1, -0.05) is 27.1 Å². The summed E-state index contributed by atoms with van der Waals surface area (Å²) in [6.45, 7) is 2.54. The molecule has 0 unspecified atom stereocenters. The first kappa shape index (κ1) is 14.6. The van der Waals surface area contributed by atoms with E-state index in [-0.39, 0.29) is 6.61 Å². The van der Waals surface area contributed by atoms with Crippen LogP contribution in [0.4, 0.5) is 0 Å². The van der Waals surface area contributed by atoms with Gasteiger partial charge in [-0.25, -0.2) is 0 Å². The van der Waals surface area contributed by atoms with Gasteiger partial charge < -0.3 is 10.1 Å². The van der Waals surface area contributed by atoms with Gasteiger partial charge >= 0.3 is 0 Å². The number of aromatic nitrogens is 3. The fraction of sp³-hybridized carbons (Fsp3) is 0.286. The van der Waals surface area contributed by atoms with Crippen molar-refractivity contribution in [2.24, 2.45) is 0 Å². The summed E-state index contributed by atoms with van der Waals surface area (Å²) in [5, 5.41) is 11.0. The third-order valence-corrected chi connectivity index (χ3v) is 3.13. The van der Waals surface area contributed by atoms with Crippen LogP contribution in [-0.2, 0) is 13.1 Å². The molecule has 0 fully saturated rings. The van der Waals surface area contributed by atoms with E-state index in [0.29, 0.717) is 6.54 Å². The predicted molar refractivity (Wildman–Crippen MR) is 80.2 cm³/mol. The minimum atomic E-state index is 0.271. The molecule has 0 amide bonds. The summed E-state index contributed by atoms with van der Waals surface area (Å²) in [6, 6.07) is 5.87. The number of halogens is 1. The number of hydrogen-bond acceptors (Lipinski definition) is 4. The van der Waals surface area contributed by atoms with Gasteiger partial charge in [0.25, 0.3) is 0 Å². The van der Waals surface area contributed by atoms with Gasteiger partial charge in [-0.05, 0) is 18.2 Å². The van der Waals surface area contributed by atoms with Crippen molar-refractivity contribution in [2.45, 2.75) is 13.1 Å². The molecule has 1 heterocycles. The minimum Gasteiger partial charge on any atom is -0.481 e. The van der Waals surface area contributed by atoms with Gasteiger partial charge in [0, 0.05) is 29.3 Å². The van der Waals surface area contributed by atoms with Gasteiger partial charge in [-0.3, -0.25) is 4.68 Å². The van der Waals surface area contributed by atoms with Crippen molar-refractivity contribution < 1.29 is 4.74 Å². The van der Waals surface area contributed by atoms with Crippen LogP contribution in [0, 0.1) is 12.3 Å². The number of nitrogens with zero attached hydrogens (tertiary/aromatic N) is 3. The summed E-state index contributed by atoms with van der Waals surface area (Å²) in [5.41, 5.74) is 1.06. The maximum atomic E-state index is 5.52. The van der Waals surface area contributed by atoms with E-state index in [0.717, 1.165) is 28.9 Å². The Morgan fingerprint density at radius 2 is 2.35 bits per heavy atom. The Labute approximate surface area is 126 Å². The molecule has 2 rings (SSSR count). The molecule has 1 aromatic heterocycles. The van der Waals surface area contributed by atoms with E-state index in [9.17, 15) is 0 Å². The molecule has 1 N–H and O–H groups in total. The summed E-state index contributed by atoms with van der Waals surface area (Å²) < 4.78 is 8.31. The lowest BCUT2D eigenvalue weighted by Crippen LogP contribution is -2.20. The molecule has 6 heteroatoms. The standard InChI is InChI=1S/C14H15BrN4O/c1-2-9-20-14-4-3-13(15)10-12(14)11-16-5-7-19-8-6-17-18-19/h1,3-4,6,8,10,16H,5,7,9,11H2. The molecule has 5 nitrogen and oxygen atoms in total. The van der Waals surface area contributed by atoms with E-state index in [4.69, 9.17) is 11.2 Å². The quantitative estimate of drug-likeness (QED) is 0.620. The third-order valence-electron chi connectivity index (χ3n) is 2.64. The highest BCUT2D eigenvalue weighted by Crippen LogP contribution is 2.23. The fourth-order valence-electron chi connectivity index (χ4n) is 1.72. The van der Waals surface area contributed by atoms with E-state index < -0.39 is 0 Å². The Hall–Kier alpha value is -1.84. The third kappa shape index (κ3) is 4.37. The Balaban J connectivity index is 1.87. The first-order valence-corrected chi connectivity index (χ1v) is 6.98. The number of hydrogen-bond donors (Lipinski definition) is 1. The maximum absolute atomic E-state index is 5.52. The van der Waals surface area contributed by atoms with Crippen molar-refractivity contribution in [1.82, 2.24) is 20.3 Å². The monoisotopic (exact) mass is 334 g/mol. The molecule has 104 valence electrons. The van der Waals surface area contributed by atoms with Crippen molar-refractivity contribution in [1.29, 1.82) is 0 Å². The first-order valence-electron chi connectivity index (χ1n) is 6.19. The van der Waals surface area contributed by atoms with Crippen LogP contribution < -0.4 is 10.1 Å². The van der Waals surface area contributed by atoms with Gasteiger partial charge in [-0.15, -0.1) is 11.5 Å². The summed E-state index contributed by atoms with van der Waals surface area (Å²) in [4.78, 5) is 0. The second-order valence-electron chi connectivity index (χ2n) is 4.09. The Bertz CT molecular complexity index is 577. The van der Waals surface area contributed by atoms with Crippen LogP contribution >= 0.6 is 15.9 Å². The van der Waals surface area contributed by atoms with Gasteiger partial charge in [0.15, 0.2) is 0 Å². The molecule has 0 saturated carbocycles. The van der Waals surface area contributed by atoms with E-state index in [1.807, 2.05) is 24.4 Å². The molecule has 0 radical (unpaired) electrons. The number of benzene rings is 1. The lowest BCUT2D eigenvalue weighted by atomic mass is 10.2. The zero-order chi connectivity index (χ0) is 14.2. The molecule has 2 aromatic rings. The van der Waals surface area contributed by atoms with Crippen molar-refractivity contribution >= 4 is 15.9 Å². The summed E-state index contributed by atoms with van der Waals surface area (Å²) in [6.07, 6.45) is 8.72. The average Bonchev–Trinajstić information content (AvgIpc) is 2.96. The number of rotatable bonds is 7. The van der Waals surface area contributed by atoms with Crippen LogP contribution in [0.2, 0.25) is 0 Å². The van der Waals surface area contributed by atoms with Crippen molar-refractivity contribution in [3.63, 3.8) is 0 Å². The van der Waals surface area contributed by atoms with Crippen LogP contribution in [0.15, 0.2) is 35.1 Å². The lowest BCUT2D eigenvalue weighted by Gasteiger charge is -2.11. The van der Waals surface area contributed by atoms with E-state index in [1.54, 1.807) is 10.9 Å².